The third-order valence-corrected chi connectivity index (χ3v) is 2.45. The van der Waals surface area contributed by atoms with E-state index in [-0.39, 0.29) is 30.5 Å². The van der Waals surface area contributed by atoms with Gasteiger partial charge in [-0.2, -0.15) is 0 Å². The van der Waals surface area contributed by atoms with Gasteiger partial charge in [-0.1, -0.05) is 13.0 Å². The molecular formula is C11H11FN2O2. The van der Waals surface area contributed by atoms with E-state index in [4.69, 9.17) is 0 Å². The predicted molar refractivity (Wildman–Crippen MR) is 57.7 cm³/mol. The summed E-state index contributed by atoms with van der Waals surface area (Å²) in [6.45, 7) is 1.65. The van der Waals surface area contributed by atoms with E-state index < -0.39 is 5.82 Å². The number of rotatable bonds is 1. The van der Waals surface area contributed by atoms with Crippen LogP contribution in [0.25, 0.3) is 0 Å². The van der Waals surface area contributed by atoms with Crippen molar-refractivity contribution in [3.05, 3.63) is 24.0 Å². The summed E-state index contributed by atoms with van der Waals surface area (Å²) in [5.74, 6) is -1.10. The third-order valence-electron chi connectivity index (χ3n) is 2.45. The van der Waals surface area contributed by atoms with E-state index in [1.54, 1.807) is 13.0 Å². The van der Waals surface area contributed by atoms with E-state index in [0.717, 1.165) is 0 Å². The summed E-state index contributed by atoms with van der Waals surface area (Å²) in [6.07, 6.45) is 0.281. The van der Waals surface area contributed by atoms with Gasteiger partial charge in [0.05, 0.1) is 5.69 Å². The second-order valence-corrected chi connectivity index (χ2v) is 3.52. The summed E-state index contributed by atoms with van der Waals surface area (Å²) in [4.78, 5) is 24.2. The van der Waals surface area contributed by atoms with Crippen LogP contribution in [0.4, 0.5) is 15.8 Å². The molecule has 0 saturated carbocycles. The Hall–Kier alpha value is -1.91. The number of benzene rings is 1. The highest BCUT2D eigenvalue weighted by Crippen LogP contribution is 2.31. The van der Waals surface area contributed by atoms with Crippen molar-refractivity contribution < 1.29 is 14.0 Å². The first-order valence-corrected chi connectivity index (χ1v) is 5.02. The lowest BCUT2D eigenvalue weighted by Crippen LogP contribution is -2.42. The molecule has 1 heterocycles. The van der Waals surface area contributed by atoms with Crippen LogP contribution in [0.2, 0.25) is 0 Å². The Bertz CT molecular complexity index is 459. The maximum absolute atomic E-state index is 13.4. The van der Waals surface area contributed by atoms with Gasteiger partial charge < -0.3 is 10.2 Å². The molecule has 0 aromatic heterocycles. The van der Waals surface area contributed by atoms with E-state index in [1.807, 2.05) is 0 Å². The lowest BCUT2D eigenvalue weighted by atomic mass is 10.1. The first-order valence-electron chi connectivity index (χ1n) is 5.02. The SMILES string of the molecule is CCC(=O)N1CC(=O)Nc2c(F)cccc21. The molecular weight excluding hydrogens is 211 g/mol. The number of nitrogens with one attached hydrogen (secondary N) is 1. The van der Waals surface area contributed by atoms with Crippen LogP contribution in [0.3, 0.4) is 0 Å². The van der Waals surface area contributed by atoms with Crippen LogP contribution >= 0.6 is 0 Å². The Morgan fingerprint density at radius 3 is 3.00 bits per heavy atom. The number of para-hydroxylation sites is 1. The molecule has 1 aliphatic heterocycles. The highest BCUT2D eigenvalue weighted by molar-refractivity contribution is 6.09. The van der Waals surface area contributed by atoms with Crippen LogP contribution in [0.15, 0.2) is 18.2 Å². The highest BCUT2D eigenvalue weighted by atomic mass is 19.1. The third kappa shape index (κ3) is 1.64. The average Bonchev–Trinajstić information content (AvgIpc) is 2.28. The molecule has 4 nitrogen and oxygen atoms in total. The second kappa shape index (κ2) is 3.92. The van der Waals surface area contributed by atoms with Gasteiger partial charge in [0.1, 0.15) is 18.0 Å². The van der Waals surface area contributed by atoms with E-state index in [2.05, 4.69) is 5.32 Å². The smallest absolute Gasteiger partial charge is 0.244 e. The molecule has 2 amide bonds. The monoisotopic (exact) mass is 222 g/mol. The van der Waals surface area contributed by atoms with Crippen molar-refractivity contribution in [3.63, 3.8) is 0 Å². The van der Waals surface area contributed by atoms with E-state index >= 15 is 0 Å². The summed E-state index contributed by atoms with van der Waals surface area (Å²) in [5, 5.41) is 2.43. The molecule has 1 aromatic rings. The van der Waals surface area contributed by atoms with Crippen molar-refractivity contribution in [2.75, 3.05) is 16.8 Å². The number of nitrogens with zero attached hydrogens (tertiary/aromatic N) is 1. The van der Waals surface area contributed by atoms with Crippen molar-refractivity contribution in [1.82, 2.24) is 0 Å². The van der Waals surface area contributed by atoms with Gasteiger partial charge in [0, 0.05) is 6.42 Å². The number of hydrogen-bond acceptors (Lipinski definition) is 2. The molecule has 0 bridgehead atoms. The van der Waals surface area contributed by atoms with E-state index in [0.29, 0.717) is 5.69 Å². The first kappa shape index (κ1) is 10.6. The maximum Gasteiger partial charge on any atom is 0.244 e. The molecule has 0 radical (unpaired) electrons. The van der Waals surface area contributed by atoms with Crippen LogP contribution in [-0.4, -0.2) is 18.4 Å². The molecule has 1 N–H and O–H groups in total. The molecule has 2 rings (SSSR count). The molecule has 84 valence electrons. The van der Waals surface area contributed by atoms with Gasteiger partial charge >= 0.3 is 0 Å². The van der Waals surface area contributed by atoms with Crippen molar-refractivity contribution in [2.45, 2.75) is 13.3 Å². The average molecular weight is 222 g/mol. The quantitative estimate of drug-likeness (QED) is 0.783. The molecule has 16 heavy (non-hydrogen) atoms. The summed E-state index contributed by atoms with van der Waals surface area (Å²) >= 11 is 0. The van der Waals surface area contributed by atoms with E-state index in [1.165, 1.54) is 17.0 Å². The molecule has 0 fully saturated rings. The van der Waals surface area contributed by atoms with Crippen molar-refractivity contribution in [2.24, 2.45) is 0 Å². The predicted octanol–water partition coefficient (Wildman–Crippen LogP) is 1.52. The number of halogens is 1. The fraction of sp³-hybridized carbons (Fsp3) is 0.273. The zero-order valence-electron chi connectivity index (χ0n) is 8.79. The molecule has 0 atom stereocenters. The van der Waals surface area contributed by atoms with Gasteiger partial charge in [0.25, 0.3) is 0 Å². The fourth-order valence-corrected chi connectivity index (χ4v) is 1.68. The fourth-order valence-electron chi connectivity index (χ4n) is 1.68. The maximum atomic E-state index is 13.4. The van der Waals surface area contributed by atoms with Gasteiger partial charge in [-0.3, -0.25) is 9.59 Å². The normalized spacial score (nSPS) is 14.4. The molecule has 1 aliphatic rings. The molecule has 0 aliphatic carbocycles. The summed E-state index contributed by atoms with van der Waals surface area (Å²) in [6, 6.07) is 4.38. The van der Waals surface area contributed by atoms with Gasteiger partial charge in [0.15, 0.2) is 0 Å². The lowest BCUT2D eigenvalue weighted by molar-refractivity contribution is -0.121. The van der Waals surface area contributed by atoms with Gasteiger partial charge in [-0.15, -0.1) is 0 Å². The van der Waals surface area contributed by atoms with Gasteiger partial charge in [-0.05, 0) is 12.1 Å². The number of carbonyl (C=O) groups is 2. The van der Waals surface area contributed by atoms with Crippen LogP contribution in [0.5, 0.6) is 0 Å². The number of fused-ring (bicyclic) bond motifs is 1. The minimum atomic E-state index is -0.528. The number of anilines is 2. The van der Waals surface area contributed by atoms with Crippen molar-refractivity contribution >= 4 is 23.2 Å². The van der Waals surface area contributed by atoms with E-state index in [9.17, 15) is 14.0 Å². The highest BCUT2D eigenvalue weighted by Gasteiger charge is 2.27. The summed E-state index contributed by atoms with van der Waals surface area (Å²) < 4.78 is 13.4. The molecule has 5 heteroatoms. The topological polar surface area (TPSA) is 49.4 Å². The van der Waals surface area contributed by atoms with Gasteiger partial charge in [-0.25, -0.2) is 4.39 Å². The molecule has 0 saturated heterocycles. The molecule has 1 aromatic carbocycles. The number of carbonyl (C=O) groups excluding carboxylic acids is 2. The first-order chi connectivity index (χ1) is 7.63. The Morgan fingerprint density at radius 1 is 1.56 bits per heavy atom. The summed E-state index contributed by atoms with van der Waals surface area (Å²) in [7, 11) is 0. The van der Waals surface area contributed by atoms with Crippen LogP contribution in [-0.2, 0) is 9.59 Å². The Kier molecular flexibility index (Phi) is 2.60. The minimum Gasteiger partial charge on any atom is -0.320 e. The Morgan fingerprint density at radius 2 is 2.31 bits per heavy atom. The van der Waals surface area contributed by atoms with Crippen LogP contribution in [0, 0.1) is 5.82 Å². The van der Waals surface area contributed by atoms with Crippen LogP contribution < -0.4 is 10.2 Å². The van der Waals surface area contributed by atoms with Crippen molar-refractivity contribution in [1.29, 1.82) is 0 Å². The zero-order valence-corrected chi connectivity index (χ0v) is 8.79. The second-order valence-electron chi connectivity index (χ2n) is 3.52. The molecule has 0 unspecified atom stereocenters. The van der Waals surface area contributed by atoms with Crippen molar-refractivity contribution in [3.8, 4) is 0 Å². The minimum absolute atomic E-state index is 0.0525. The lowest BCUT2D eigenvalue weighted by Gasteiger charge is -2.29. The molecule has 0 spiro atoms. The Labute approximate surface area is 92.0 Å². The standard InChI is InChI=1S/C11H11FN2O2/c1-2-10(16)14-6-9(15)13-11-7(12)4-3-5-8(11)14/h3-5H,2,6H2,1H3,(H,13,15). The number of hydrogen-bond donors (Lipinski definition) is 1. The largest absolute Gasteiger partial charge is 0.320 e. The summed E-state index contributed by atoms with van der Waals surface area (Å²) in [5.41, 5.74) is 0.506. The zero-order chi connectivity index (χ0) is 11.7. The van der Waals surface area contributed by atoms with Crippen LogP contribution in [0.1, 0.15) is 13.3 Å². The number of amides is 2. The van der Waals surface area contributed by atoms with Gasteiger partial charge in [0.2, 0.25) is 11.8 Å². The Balaban J connectivity index is 2.50.